The molecule has 0 radical (unpaired) electrons. The van der Waals surface area contributed by atoms with E-state index >= 15 is 0 Å². The van der Waals surface area contributed by atoms with E-state index in [0.717, 1.165) is 24.5 Å². The van der Waals surface area contributed by atoms with Gasteiger partial charge in [-0.25, -0.2) is 13.4 Å². The predicted molar refractivity (Wildman–Crippen MR) is 89.8 cm³/mol. The van der Waals surface area contributed by atoms with E-state index in [1.54, 1.807) is 36.5 Å². The van der Waals surface area contributed by atoms with Crippen molar-refractivity contribution in [2.24, 2.45) is 0 Å². The van der Waals surface area contributed by atoms with Crippen LogP contribution >= 0.6 is 0 Å². The third-order valence-corrected chi connectivity index (χ3v) is 4.82. The highest BCUT2D eigenvalue weighted by Crippen LogP contribution is 2.18. The van der Waals surface area contributed by atoms with Crippen molar-refractivity contribution in [1.82, 2.24) is 4.98 Å². The summed E-state index contributed by atoms with van der Waals surface area (Å²) in [5.74, 6) is 0.836. The molecule has 0 saturated carbocycles. The summed E-state index contributed by atoms with van der Waals surface area (Å²) in [5.41, 5.74) is 1.47. The van der Waals surface area contributed by atoms with Crippen LogP contribution in [0.2, 0.25) is 0 Å². The quantitative estimate of drug-likeness (QED) is 0.889. The Bertz CT molecular complexity index is 706. The number of pyridine rings is 1. The summed E-state index contributed by atoms with van der Waals surface area (Å²) in [4.78, 5) is 6.65. The smallest absolute Gasteiger partial charge is 0.261 e. The van der Waals surface area contributed by atoms with Gasteiger partial charge >= 0.3 is 0 Å². The Morgan fingerprint density at radius 1 is 1.05 bits per heavy atom. The number of nitrogens with zero attached hydrogens (tertiary/aromatic N) is 2. The zero-order valence-corrected chi connectivity index (χ0v) is 13.9. The van der Waals surface area contributed by atoms with Crippen molar-refractivity contribution in [3.8, 4) is 0 Å². The van der Waals surface area contributed by atoms with Crippen LogP contribution in [0.15, 0.2) is 47.5 Å². The van der Waals surface area contributed by atoms with E-state index in [0.29, 0.717) is 5.69 Å². The maximum Gasteiger partial charge on any atom is 0.261 e. The molecule has 2 rings (SSSR count). The molecule has 0 spiro atoms. The third-order valence-electron chi connectivity index (χ3n) is 3.42. The third kappa shape index (κ3) is 3.76. The summed E-state index contributed by atoms with van der Waals surface area (Å²) in [6.45, 7) is 7.74. The molecule has 0 aliphatic rings. The average Bonchev–Trinajstić information content (AvgIpc) is 2.50. The number of aromatic nitrogens is 1. The van der Waals surface area contributed by atoms with E-state index in [-0.39, 0.29) is 4.90 Å². The van der Waals surface area contributed by atoms with Gasteiger partial charge in [-0.1, -0.05) is 17.7 Å². The van der Waals surface area contributed by atoms with Crippen LogP contribution < -0.4 is 9.62 Å². The Hall–Kier alpha value is -2.08. The molecule has 118 valence electrons. The minimum atomic E-state index is -3.58. The van der Waals surface area contributed by atoms with Crippen molar-refractivity contribution in [2.45, 2.75) is 25.7 Å². The molecule has 0 bridgehead atoms. The topological polar surface area (TPSA) is 62.3 Å². The monoisotopic (exact) mass is 319 g/mol. The van der Waals surface area contributed by atoms with Crippen molar-refractivity contribution in [2.75, 3.05) is 22.7 Å². The van der Waals surface area contributed by atoms with Crippen molar-refractivity contribution in [1.29, 1.82) is 0 Å². The Morgan fingerprint density at radius 2 is 1.68 bits per heavy atom. The lowest BCUT2D eigenvalue weighted by atomic mass is 10.2. The lowest BCUT2D eigenvalue weighted by Crippen LogP contribution is -2.22. The Morgan fingerprint density at radius 3 is 2.18 bits per heavy atom. The van der Waals surface area contributed by atoms with E-state index in [1.165, 1.54) is 0 Å². The van der Waals surface area contributed by atoms with Crippen LogP contribution in [0, 0.1) is 6.92 Å². The van der Waals surface area contributed by atoms with Gasteiger partial charge in [0, 0.05) is 13.1 Å². The van der Waals surface area contributed by atoms with Crippen LogP contribution in [-0.2, 0) is 10.0 Å². The number of benzene rings is 1. The van der Waals surface area contributed by atoms with Crippen LogP contribution in [0.1, 0.15) is 19.4 Å². The molecule has 6 heteroatoms. The molecular weight excluding hydrogens is 298 g/mol. The molecule has 0 atom stereocenters. The molecular formula is C16H21N3O2S. The number of anilines is 2. The minimum Gasteiger partial charge on any atom is -0.357 e. The second-order valence-electron chi connectivity index (χ2n) is 5.00. The molecule has 1 aromatic carbocycles. The molecule has 1 heterocycles. The van der Waals surface area contributed by atoms with Gasteiger partial charge in [0.05, 0.1) is 16.8 Å². The molecule has 0 aliphatic heterocycles. The molecule has 0 unspecified atom stereocenters. The lowest BCUT2D eigenvalue weighted by Gasteiger charge is -2.19. The molecule has 1 aromatic heterocycles. The summed E-state index contributed by atoms with van der Waals surface area (Å²) in [6, 6.07) is 10.3. The van der Waals surface area contributed by atoms with Gasteiger partial charge in [-0.05, 0) is 45.0 Å². The fourth-order valence-electron chi connectivity index (χ4n) is 2.11. The first kappa shape index (κ1) is 16.3. The van der Waals surface area contributed by atoms with Gasteiger partial charge in [0.1, 0.15) is 5.82 Å². The minimum absolute atomic E-state index is 0.242. The Labute approximate surface area is 132 Å². The number of hydrogen-bond donors (Lipinski definition) is 1. The van der Waals surface area contributed by atoms with Gasteiger partial charge in [0.25, 0.3) is 10.0 Å². The van der Waals surface area contributed by atoms with Crippen molar-refractivity contribution in [3.05, 3.63) is 48.2 Å². The summed E-state index contributed by atoms with van der Waals surface area (Å²) < 4.78 is 27.1. The summed E-state index contributed by atoms with van der Waals surface area (Å²) in [7, 11) is -3.58. The maximum absolute atomic E-state index is 12.3. The van der Waals surface area contributed by atoms with Gasteiger partial charge in [-0.15, -0.1) is 0 Å². The fraction of sp³-hybridized carbons (Fsp3) is 0.312. The van der Waals surface area contributed by atoms with Crippen LogP contribution in [0.3, 0.4) is 0 Å². The molecule has 22 heavy (non-hydrogen) atoms. The number of aryl methyl sites for hydroxylation is 1. The summed E-state index contributed by atoms with van der Waals surface area (Å²) in [6.07, 6.45) is 1.54. The Balaban J connectivity index is 2.18. The van der Waals surface area contributed by atoms with Crippen molar-refractivity contribution in [3.63, 3.8) is 0 Å². The molecule has 0 aliphatic carbocycles. The van der Waals surface area contributed by atoms with Gasteiger partial charge in [-0.3, -0.25) is 4.72 Å². The van der Waals surface area contributed by atoms with Crippen LogP contribution in [0.4, 0.5) is 11.5 Å². The van der Waals surface area contributed by atoms with Crippen LogP contribution in [-0.4, -0.2) is 26.5 Å². The van der Waals surface area contributed by atoms with Crippen molar-refractivity contribution >= 4 is 21.5 Å². The summed E-state index contributed by atoms with van der Waals surface area (Å²) in [5, 5.41) is 0. The van der Waals surface area contributed by atoms with Gasteiger partial charge in [-0.2, -0.15) is 0 Å². The van der Waals surface area contributed by atoms with E-state index in [2.05, 4.69) is 28.5 Å². The van der Waals surface area contributed by atoms with Crippen LogP contribution in [0.25, 0.3) is 0 Å². The normalized spacial score (nSPS) is 11.2. The number of sulfonamides is 1. The molecule has 0 saturated heterocycles. The van der Waals surface area contributed by atoms with Crippen LogP contribution in [0.5, 0.6) is 0 Å². The number of nitrogens with one attached hydrogen (secondary N) is 1. The number of hydrogen-bond acceptors (Lipinski definition) is 4. The van der Waals surface area contributed by atoms with Gasteiger partial charge in [0.15, 0.2) is 0 Å². The highest BCUT2D eigenvalue weighted by Gasteiger charge is 2.14. The number of rotatable bonds is 6. The SMILES string of the molecule is CCN(CC)c1ccc(NS(=O)(=O)c2ccc(C)cc2)cn1. The first-order valence-electron chi connectivity index (χ1n) is 7.26. The summed E-state index contributed by atoms with van der Waals surface area (Å²) >= 11 is 0. The second-order valence-corrected chi connectivity index (χ2v) is 6.68. The standard InChI is InChI=1S/C16H21N3O2S/c1-4-19(5-2)16-11-8-14(12-17-16)18-22(20,21)15-9-6-13(3)7-10-15/h6-12,18H,4-5H2,1-3H3. The van der Waals surface area contributed by atoms with Gasteiger partial charge < -0.3 is 4.90 Å². The molecule has 0 fully saturated rings. The van der Waals surface area contributed by atoms with E-state index in [4.69, 9.17) is 0 Å². The fourth-order valence-corrected chi connectivity index (χ4v) is 3.16. The predicted octanol–water partition coefficient (Wildman–Crippen LogP) is 3.04. The Kier molecular flexibility index (Phi) is 5.03. The van der Waals surface area contributed by atoms with E-state index in [1.807, 2.05) is 13.0 Å². The molecule has 0 amide bonds. The lowest BCUT2D eigenvalue weighted by molar-refractivity contribution is 0.601. The first-order chi connectivity index (χ1) is 10.5. The first-order valence-corrected chi connectivity index (χ1v) is 8.75. The highest BCUT2D eigenvalue weighted by atomic mass is 32.2. The zero-order valence-electron chi connectivity index (χ0n) is 13.1. The average molecular weight is 319 g/mol. The molecule has 2 aromatic rings. The highest BCUT2D eigenvalue weighted by molar-refractivity contribution is 7.92. The maximum atomic E-state index is 12.3. The second kappa shape index (κ2) is 6.79. The van der Waals surface area contributed by atoms with Gasteiger partial charge in [0.2, 0.25) is 0 Å². The zero-order chi connectivity index (χ0) is 16.2. The van der Waals surface area contributed by atoms with E-state index in [9.17, 15) is 8.42 Å². The molecule has 5 nitrogen and oxygen atoms in total. The largest absolute Gasteiger partial charge is 0.357 e. The van der Waals surface area contributed by atoms with Crippen molar-refractivity contribution < 1.29 is 8.42 Å². The molecule has 1 N–H and O–H groups in total. The van der Waals surface area contributed by atoms with E-state index < -0.39 is 10.0 Å².